The maximum Gasteiger partial charge on any atom is 0.244 e. The van der Waals surface area contributed by atoms with Gasteiger partial charge in [-0.2, -0.15) is 0 Å². The van der Waals surface area contributed by atoms with Gasteiger partial charge in [-0.05, 0) is 43.0 Å². The molecule has 5 heteroatoms. The second kappa shape index (κ2) is 10.7. The van der Waals surface area contributed by atoms with Crippen LogP contribution in [0.2, 0.25) is 0 Å². The number of carbonyl (C=O) groups excluding carboxylic acids is 1. The Morgan fingerprint density at radius 2 is 1.79 bits per heavy atom. The number of nitrogens with one attached hydrogen (secondary N) is 2. The zero-order chi connectivity index (χ0) is 20.5. The molecule has 1 fully saturated rings. The molecule has 1 saturated heterocycles. The number of piperidine rings is 1. The number of hydrogen-bond donors (Lipinski definition) is 2. The average molecular weight is 396 g/mol. The lowest BCUT2D eigenvalue weighted by molar-refractivity contribution is -0.918. The van der Waals surface area contributed by atoms with Crippen molar-refractivity contribution in [2.45, 2.75) is 32.4 Å². The molecule has 1 heterocycles. The number of methoxy groups -OCH3 is 2. The van der Waals surface area contributed by atoms with Crippen LogP contribution in [0.3, 0.4) is 0 Å². The molecule has 0 spiro atoms. The molecule has 0 atom stereocenters. The van der Waals surface area contributed by atoms with Gasteiger partial charge in [0, 0.05) is 29.8 Å². The molecule has 2 N–H and O–H groups in total. The van der Waals surface area contributed by atoms with Gasteiger partial charge in [0.1, 0.15) is 18.0 Å². The van der Waals surface area contributed by atoms with Crippen molar-refractivity contribution in [2.24, 2.45) is 0 Å². The molecule has 1 amide bonds. The Hall–Kier alpha value is -2.79. The third-order valence-electron chi connectivity index (χ3n) is 5.43. The maximum atomic E-state index is 12.3. The van der Waals surface area contributed by atoms with E-state index in [2.05, 4.69) is 23.5 Å². The van der Waals surface area contributed by atoms with E-state index in [1.54, 1.807) is 37.3 Å². The van der Waals surface area contributed by atoms with Gasteiger partial charge in [-0.1, -0.05) is 24.3 Å². The van der Waals surface area contributed by atoms with Crippen molar-refractivity contribution in [1.82, 2.24) is 5.32 Å². The molecule has 0 saturated carbocycles. The molecule has 0 aliphatic carbocycles. The Labute approximate surface area is 173 Å². The third kappa shape index (κ3) is 6.09. The molecule has 0 radical (unpaired) electrons. The summed E-state index contributed by atoms with van der Waals surface area (Å²) in [5, 5.41) is 3.01. The van der Waals surface area contributed by atoms with Crippen LogP contribution in [0.4, 0.5) is 0 Å². The molecule has 0 aromatic heterocycles. The summed E-state index contributed by atoms with van der Waals surface area (Å²) in [5.41, 5.74) is 3.34. The van der Waals surface area contributed by atoms with Gasteiger partial charge < -0.3 is 19.7 Å². The molecule has 0 bridgehead atoms. The quantitative estimate of drug-likeness (QED) is 0.676. The molecule has 154 valence electrons. The van der Waals surface area contributed by atoms with E-state index in [1.807, 2.05) is 18.2 Å². The van der Waals surface area contributed by atoms with E-state index in [-0.39, 0.29) is 5.91 Å². The maximum absolute atomic E-state index is 12.3. The molecule has 0 unspecified atom stereocenters. The summed E-state index contributed by atoms with van der Waals surface area (Å²) in [6, 6.07) is 13.9. The fourth-order valence-electron chi connectivity index (χ4n) is 3.76. The number of rotatable bonds is 8. The van der Waals surface area contributed by atoms with Crippen molar-refractivity contribution >= 4 is 12.0 Å². The first-order chi connectivity index (χ1) is 14.2. The molecule has 1 aliphatic heterocycles. The van der Waals surface area contributed by atoms with Crippen LogP contribution >= 0.6 is 0 Å². The number of hydrogen-bond acceptors (Lipinski definition) is 3. The van der Waals surface area contributed by atoms with Gasteiger partial charge in [0.15, 0.2) is 0 Å². The van der Waals surface area contributed by atoms with E-state index in [0.717, 1.165) is 17.9 Å². The predicted molar refractivity (Wildman–Crippen MR) is 115 cm³/mol. The van der Waals surface area contributed by atoms with Gasteiger partial charge in [-0.15, -0.1) is 0 Å². The first-order valence-electron chi connectivity index (χ1n) is 10.3. The van der Waals surface area contributed by atoms with Crippen LogP contribution in [0, 0.1) is 0 Å². The average Bonchev–Trinajstić information content (AvgIpc) is 2.77. The van der Waals surface area contributed by atoms with E-state index in [9.17, 15) is 4.79 Å². The Bertz CT molecular complexity index is 842. The topological polar surface area (TPSA) is 52.0 Å². The van der Waals surface area contributed by atoms with E-state index in [4.69, 9.17) is 9.47 Å². The van der Waals surface area contributed by atoms with E-state index in [0.29, 0.717) is 12.3 Å². The highest BCUT2D eigenvalue weighted by molar-refractivity contribution is 5.92. The van der Waals surface area contributed by atoms with E-state index in [1.165, 1.54) is 43.5 Å². The molecular formula is C24H31N2O3+. The van der Waals surface area contributed by atoms with Gasteiger partial charge in [0.25, 0.3) is 0 Å². The summed E-state index contributed by atoms with van der Waals surface area (Å²) in [7, 11) is 3.22. The van der Waals surface area contributed by atoms with Crippen molar-refractivity contribution < 1.29 is 19.2 Å². The lowest BCUT2D eigenvalue weighted by atomic mass is 10.0. The third-order valence-corrected chi connectivity index (χ3v) is 5.43. The standard InChI is InChI=1S/C24H30N2O3/c1-28-22-12-10-19(23(16-22)29-2)11-13-24(27)25-17-20-8-4-5-9-21(20)18-26-14-6-3-7-15-26/h4-5,8-13,16H,3,6-7,14-15,17-18H2,1-2H3,(H,25,27)/p+1/b13-11+. The normalized spacial score (nSPS) is 14.7. The van der Waals surface area contributed by atoms with E-state index >= 15 is 0 Å². The van der Waals surface area contributed by atoms with Crippen molar-refractivity contribution in [1.29, 1.82) is 0 Å². The summed E-state index contributed by atoms with van der Waals surface area (Å²) >= 11 is 0. The van der Waals surface area contributed by atoms with Gasteiger partial charge in [0.2, 0.25) is 5.91 Å². The second-order valence-electron chi connectivity index (χ2n) is 7.42. The zero-order valence-electron chi connectivity index (χ0n) is 17.4. The second-order valence-corrected chi connectivity index (χ2v) is 7.42. The molecule has 1 aliphatic rings. The fraction of sp³-hybridized carbons (Fsp3) is 0.375. The smallest absolute Gasteiger partial charge is 0.244 e. The number of amides is 1. The molecule has 29 heavy (non-hydrogen) atoms. The molecule has 2 aromatic rings. The molecule has 2 aromatic carbocycles. The van der Waals surface area contributed by atoms with Crippen LogP contribution in [-0.2, 0) is 17.9 Å². The Balaban J connectivity index is 1.59. The van der Waals surface area contributed by atoms with Gasteiger partial charge in [-0.25, -0.2) is 0 Å². The molecule has 5 nitrogen and oxygen atoms in total. The van der Waals surface area contributed by atoms with Crippen molar-refractivity contribution in [2.75, 3.05) is 27.3 Å². The summed E-state index contributed by atoms with van der Waals surface area (Å²) in [4.78, 5) is 14.0. The van der Waals surface area contributed by atoms with Crippen LogP contribution < -0.4 is 19.7 Å². The number of quaternary nitrogens is 1. The summed E-state index contributed by atoms with van der Waals surface area (Å²) in [6.07, 6.45) is 7.29. The molecule has 3 rings (SSSR count). The lowest BCUT2D eigenvalue weighted by Crippen LogP contribution is -3.11. The number of likely N-dealkylation sites (tertiary alicyclic amines) is 1. The van der Waals surface area contributed by atoms with E-state index < -0.39 is 0 Å². The molecular weight excluding hydrogens is 364 g/mol. The minimum Gasteiger partial charge on any atom is -0.497 e. The van der Waals surface area contributed by atoms with Crippen LogP contribution in [-0.4, -0.2) is 33.2 Å². The van der Waals surface area contributed by atoms with Gasteiger partial charge >= 0.3 is 0 Å². The summed E-state index contributed by atoms with van der Waals surface area (Å²) in [6.45, 7) is 4.05. The highest BCUT2D eigenvalue weighted by Crippen LogP contribution is 2.25. The predicted octanol–water partition coefficient (Wildman–Crippen LogP) is 2.60. The minimum atomic E-state index is -0.122. The monoisotopic (exact) mass is 395 g/mol. The number of carbonyl (C=O) groups is 1. The Morgan fingerprint density at radius 3 is 2.52 bits per heavy atom. The van der Waals surface area contributed by atoms with Gasteiger partial charge in [-0.3, -0.25) is 4.79 Å². The first kappa shape index (κ1) is 20.9. The SMILES string of the molecule is COc1ccc(/C=C/C(=O)NCc2ccccc2C[NH+]2CCCCC2)c(OC)c1. The van der Waals surface area contributed by atoms with Crippen LogP contribution in [0.1, 0.15) is 36.0 Å². The number of benzene rings is 2. The summed E-state index contributed by atoms with van der Waals surface area (Å²) < 4.78 is 10.6. The van der Waals surface area contributed by atoms with Crippen molar-refractivity contribution in [3.8, 4) is 11.5 Å². The first-order valence-corrected chi connectivity index (χ1v) is 10.3. The van der Waals surface area contributed by atoms with Crippen molar-refractivity contribution in [3.63, 3.8) is 0 Å². The highest BCUT2D eigenvalue weighted by atomic mass is 16.5. The fourth-order valence-corrected chi connectivity index (χ4v) is 3.76. The summed E-state index contributed by atoms with van der Waals surface area (Å²) in [5.74, 6) is 1.27. The van der Waals surface area contributed by atoms with Crippen LogP contribution in [0.15, 0.2) is 48.5 Å². The minimum absolute atomic E-state index is 0.122. The van der Waals surface area contributed by atoms with Gasteiger partial charge in [0.05, 0.1) is 27.3 Å². The Kier molecular flexibility index (Phi) is 7.70. The highest BCUT2D eigenvalue weighted by Gasteiger charge is 2.15. The Morgan fingerprint density at radius 1 is 1.03 bits per heavy atom. The largest absolute Gasteiger partial charge is 0.497 e. The zero-order valence-corrected chi connectivity index (χ0v) is 17.4. The van der Waals surface area contributed by atoms with Crippen molar-refractivity contribution in [3.05, 3.63) is 65.2 Å². The van der Waals surface area contributed by atoms with Crippen LogP contribution in [0.25, 0.3) is 6.08 Å². The number of ether oxygens (including phenoxy) is 2. The lowest BCUT2D eigenvalue weighted by Gasteiger charge is -2.24. The van der Waals surface area contributed by atoms with Crippen LogP contribution in [0.5, 0.6) is 11.5 Å².